The lowest BCUT2D eigenvalue weighted by molar-refractivity contribution is -0.159. The van der Waals surface area contributed by atoms with Crippen LogP contribution in [0.3, 0.4) is 0 Å². The Morgan fingerprint density at radius 1 is 0.907 bits per heavy atom. The van der Waals surface area contributed by atoms with Gasteiger partial charge < -0.3 is 24.0 Å². The fourth-order valence-corrected chi connectivity index (χ4v) is 12.8. The number of anilines is 1. The quantitative estimate of drug-likeness (QED) is 0.128. The van der Waals surface area contributed by atoms with Gasteiger partial charge in [0.25, 0.3) is 14.2 Å². The monoisotopic (exact) mass is 807 g/mol. The molecule has 1 aromatic heterocycles. The van der Waals surface area contributed by atoms with Gasteiger partial charge in [0.05, 0.1) is 11.1 Å². The average Bonchev–Trinajstić information content (AvgIpc) is 3.68. The molecule has 0 radical (unpaired) electrons. The summed E-state index contributed by atoms with van der Waals surface area (Å²) in [6, 6.07) is 38.9. The Bertz CT molecular complexity index is 2130. The number of halogens is 1. The zero-order chi connectivity index (χ0) is 38.1. The highest BCUT2D eigenvalue weighted by Crippen LogP contribution is 2.54. The van der Waals surface area contributed by atoms with Crippen molar-refractivity contribution >= 4 is 52.3 Å². The Labute approximate surface area is 323 Å². The van der Waals surface area contributed by atoms with Crippen LogP contribution in [0.2, 0.25) is 5.04 Å². The van der Waals surface area contributed by atoms with E-state index in [1.54, 1.807) is 30.5 Å². The fourth-order valence-electron chi connectivity index (χ4n) is 7.86. The molecule has 7 rings (SSSR count). The molecule has 278 valence electrons. The van der Waals surface area contributed by atoms with Gasteiger partial charge in [0.15, 0.2) is 11.9 Å². The summed E-state index contributed by atoms with van der Waals surface area (Å²) < 4.78 is 28.9. The third-order valence-corrected chi connectivity index (χ3v) is 15.8. The first-order valence-corrected chi connectivity index (χ1v) is 20.6. The number of fused-ring (bicyclic) bond motifs is 1. The molecule has 0 aliphatic carbocycles. The van der Waals surface area contributed by atoms with Gasteiger partial charge >= 0.3 is 11.7 Å². The van der Waals surface area contributed by atoms with Crippen molar-refractivity contribution in [3.8, 4) is 0 Å². The van der Waals surface area contributed by atoms with Gasteiger partial charge in [-0.2, -0.15) is 4.98 Å². The average molecular weight is 809 g/mol. The minimum atomic E-state index is -3.00. The SMILES string of the molecule is CC(=O)O[C@H]1[C@H]2O[C@H](n3cc(Br)c(NC(=O)c4ccccc4)nc3=O)C[C@@]2(c2ccccc2)O[C@@H]1CO[Si](c1ccccc1)(c1ccccc1)C(C)(C)C. The normalized spacial score (nSPS) is 22.4. The number of carbonyl (C=O) groups is 2. The molecule has 2 saturated heterocycles. The number of nitrogens with one attached hydrogen (secondary N) is 1. The molecular weight excluding hydrogens is 766 g/mol. The predicted molar refractivity (Wildman–Crippen MR) is 211 cm³/mol. The number of amides is 1. The fraction of sp³-hybridized carbons (Fsp3) is 0.286. The van der Waals surface area contributed by atoms with E-state index in [0.717, 1.165) is 15.9 Å². The summed E-state index contributed by atoms with van der Waals surface area (Å²) in [5.41, 5.74) is -0.508. The van der Waals surface area contributed by atoms with Gasteiger partial charge in [-0.1, -0.05) is 130 Å². The molecule has 0 bridgehead atoms. The van der Waals surface area contributed by atoms with Gasteiger partial charge in [-0.15, -0.1) is 0 Å². The summed E-state index contributed by atoms with van der Waals surface area (Å²) in [5, 5.41) is 4.64. The van der Waals surface area contributed by atoms with E-state index in [0.29, 0.717) is 10.0 Å². The largest absolute Gasteiger partial charge is 0.457 e. The van der Waals surface area contributed by atoms with Crippen molar-refractivity contribution < 1.29 is 28.2 Å². The van der Waals surface area contributed by atoms with Crippen LogP contribution in [0.5, 0.6) is 0 Å². The van der Waals surface area contributed by atoms with E-state index in [9.17, 15) is 14.4 Å². The molecule has 2 fully saturated rings. The smallest absolute Gasteiger partial charge is 0.351 e. The van der Waals surface area contributed by atoms with Crippen LogP contribution in [-0.2, 0) is 29.0 Å². The van der Waals surface area contributed by atoms with E-state index in [1.807, 2.05) is 72.8 Å². The molecule has 2 aliphatic heterocycles. The van der Waals surface area contributed by atoms with Crippen LogP contribution in [0.4, 0.5) is 5.82 Å². The summed E-state index contributed by atoms with van der Waals surface area (Å²) >= 11 is 3.49. The lowest BCUT2D eigenvalue weighted by Gasteiger charge is -2.43. The van der Waals surface area contributed by atoms with E-state index in [4.69, 9.17) is 18.6 Å². The number of rotatable bonds is 10. The molecule has 10 nitrogen and oxygen atoms in total. The number of carbonyl (C=O) groups excluding carboxylic acids is 2. The number of hydrogen-bond acceptors (Lipinski definition) is 8. The number of benzene rings is 4. The molecule has 12 heteroatoms. The minimum absolute atomic E-state index is 0.0793. The summed E-state index contributed by atoms with van der Waals surface area (Å²) in [7, 11) is -3.00. The molecule has 1 amide bonds. The van der Waals surface area contributed by atoms with Crippen LogP contribution >= 0.6 is 15.9 Å². The van der Waals surface area contributed by atoms with Gasteiger partial charge in [-0.05, 0) is 49.0 Å². The van der Waals surface area contributed by atoms with Crippen LogP contribution in [-0.4, -0.2) is 54.7 Å². The molecule has 0 unspecified atom stereocenters. The van der Waals surface area contributed by atoms with Gasteiger partial charge in [-0.3, -0.25) is 14.2 Å². The third-order valence-electron chi connectivity index (χ3n) is 10.2. The maximum absolute atomic E-state index is 13.6. The Balaban J connectivity index is 1.24. The third kappa shape index (κ3) is 7.00. The van der Waals surface area contributed by atoms with Crippen LogP contribution in [0.15, 0.2) is 137 Å². The van der Waals surface area contributed by atoms with Crippen LogP contribution in [0.1, 0.15) is 56.3 Å². The van der Waals surface area contributed by atoms with E-state index in [2.05, 4.69) is 71.3 Å². The standard InChI is InChI=1S/C42H42BrN3O7Si/c1-28(47)51-36-34(27-50-54(41(2,3)4,31-21-13-7-14-22-31)32-23-15-8-16-24-32)53-42(30-19-11-6-12-20-30)25-35(52-37(36)42)46-26-33(43)38(45-40(46)49)44-39(48)29-17-9-5-10-18-29/h5-24,26,34-37H,25,27H2,1-4H3,(H,44,45,48,49)/t34-,35+,36-,37-,42+/m1/s1. The first kappa shape index (κ1) is 37.6. The number of nitrogens with zero attached hydrogens (tertiary/aromatic N) is 2. The maximum atomic E-state index is 13.6. The number of hydrogen-bond donors (Lipinski definition) is 1. The van der Waals surface area contributed by atoms with Crippen LogP contribution < -0.4 is 21.4 Å². The second-order valence-corrected chi connectivity index (χ2v) is 19.8. The van der Waals surface area contributed by atoms with E-state index in [1.165, 1.54) is 11.5 Å². The van der Waals surface area contributed by atoms with Crippen molar-refractivity contribution in [1.82, 2.24) is 9.55 Å². The highest BCUT2D eigenvalue weighted by molar-refractivity contribution is 9.10. The van der Waals surface area contributed by atoms with Gasteiger partial charge in [0, 0.05) is 25.1 Å². The topological polar surface area (TPSA) is 118 Å². The Kier molecular flexibility index (Phi) is 10.6. The summed E-state index contributed by atoms with van der Waals surface area (Å²) in [6.45, 7) is 8.09. The molecule has 1 N–H and O–H groups in total. The maximum Gasteiger partial charge on any atom is 0.351 e. The highest BCUT2D eigenvalue weighted by atomic mass is 79.9. The molecular formula is C42H42BrN3O7Si. The first-order valence-electron chi connectivity index (χ1n) is 17.9. The lowest BCUT2D eigenvalue weighted by atomic mass is 9.86. The molecule has 0 saturated carbocycles. The first-order chi connectivity index (χ1) is 25.9. The lowest BCUT2D eigenvalue weighted by Crippen LogP contribution is -2.67. The zero-order valence-corrected chi connectivity index (χ0v) is 33.1. The summed E-state index contributed by atoms with van der Waals surface area (Å²) in [4.78, 5) is 43.5. The van der Waals surface area contributed by atoms with E-state index in [-0.39, 0.29) is 23.9 Å². The zero-order valence-electron chi connectivity index (χ0n) is 30.5. The summed E-state index contributed by atoms with van der Waals surface area (Å²) in [6.07, 6.45) is -1.48. The molecule has 4 aromatic carbocycles. The van der Waals surface area contributed by atoms with Crippen molar-refractivity contribution in [2.45, 2.75) is 69.3 Å². The number of aromatic nitrogens is 2. The second-order valence-electron chi connectivity index (χ2n) is 14.6. The second kappa shape index (κ2) is 15.2. The predicted octanol–water partition coefficient (Wildman–Crippen LogP) is 6.35. The van der Waals surface area contributed by atoms with Crippen LogP contribution in [0.25, 0.3) is 0 Å². The molecule has 5 atom stereocenters. The van der Waals surface area contributed by atoms with Crippen molar-refractivity contribution in [1.29, 1.82) is 0 Å². The van der Waals surface area contributed by atoms with Crippen molar-refractivity contribution in [3.05, 3.63) is 154 Å². The molecule has 54 heavy (non-hydrogen) atoms. The summed E-state index contributed by atoms with van der Waals surface area (Å²) in [5.74, 6) is -0.815. The van der Waals surface area contributed by atoms with E-state index < -0.39 is 56.0 Å². The van der Waals surface area contributed by atoms with Gasteiger partial charge in [0.2, 0.25) is 0 Å². The molecule has 5 aromatic rings. The molecule has 2 aliphatic rings. The van der Waals surface area contributed by atoms with Crippen molar-refractivity contribution in [2.75, 3.05) is 11.9 Å². The molecule has 0 spiro atoms. The Hall–Kier alpha value is -4.72. The van der Waals surface area contributed by atoms with Crippen molar-refractivity contribution in [2.24, 2.45) is 0 Å². The molecule has 3 heterocycles. The van der Waals surface area contributed by atoms with Gasteiger partial charge in [0.1, 0.15) is 24.0 Å². The van der Waals surface area contributed by atoms with Gasteiger partial charge in [-0.25, -0.2) is 4.79 Å². The number of ether oxygens (including phenoxy) is 3. The Morgan fingerprint density at radius 2 is 1.46 bits per heavy atom. The number of esters is 1. The van der Waals surface area contributed by atoms with Crippen LogP contribution in [0, 0.1) is 0 Å². The minimum Gasteiger partial charge on any atom is -0.457 e. The van der Waals surface area contributed by atoms with Crippen molar-refractivity contribution in [3.63, 3.8) is 0 Å². The highest BCUT2D eigenvalue weighted by Gasteiger charge is 2.64. The van der Waals surface area contributed by atoms with E-state index >= 15 is 0 Å². The Morgan fingerprint density at radius 3 is 2.02 bits per heavy atom.